The third-order valence-electron chi connectivity index (χ3n) is 11.1. The number of ether oxygens (including phenoxy) is 6. The zero-order valence-electron chi connectivity index (χ0n) is 32.5. The van der Waals surface area contributed by atoms with Crippen molar-refractivity contribution in [1.29, 1.82) is 0 Å². The molecular weight excluding hydrogens is 717 g/mol. The second-order valence-corrected chi connectivity index (χ2v) is 21.1. The van der Waals surface area contributed by atoms with Crippen molar-refractivity contribution in [1.82, 2.24) is 0 Å². The zero-order valence-corrected chi connectivity index (χ0v) is 33.5. The molecule has 0 saturated carbocycles. The first-order valence-corrected chi connectivity index (χ1v) is 23.2. The fourth-order valence-electron chi connectivity index (χ4n) is 8.33. The summed E-state index contributed by atoms with van der Waals surface area (Å²) in [7, 11) is -1.88. The Morgan fingerprint density at radius 2 is 1.11 bits per heavy atom. The van der Waals surface area contributed by atoms with Crippen LogP contribution in [0, 0.1) is 0 Å². The average Bonchev–Trinajstić information content (AvgIpc) is 3.81. The summed E-state index contributed by atoms with van der Waals surface area (Å²) in [4.78, 5) is 0. The van der Waals surface area contributed by atoms with Gasteiger partial charge in [-0.1, -0.05) is 158 Å². The van der Waals surface area contributed by atoms with Crippen LogP contribution in [0.3, 0.4) is 0 Å². The lowest BCUT2D eigenvalue weighted by Crippen LogP contribution is -2.65. The molecule has 3 aliphatic rings. The zero-order chi connectivity index (χ0) is 38.5. The van der Waals surface area contributed by atoms with Gasteiger partial charge in [-0.2, -0.15) is 0 Å². The predicted octanol–water partition coefficient (Wildman–Crippen LogP) is 8.30. The Labute approximate surface area is 331 Å². The fourth-order valence-corrected chi connectivity index (χ4v) is 10.0. The van der Waals surface area contributed by atoms with E-state index in [-0.39, 0.29) is 19.3 Å². The fraction of sp³-hybridized carbons (Fsp3) is 0.333. The molecule has 2 bridgehead atoms. The molecular formula is C48H52O7Si. The van der Waals surface area contributed by atoms with Gasteiger partial charge in [0, 0.05) is 0 Å². The maximum Gasteiger partial charge on any atom is 0.142 e. The highest BCUT2D eigenvalue weighted by Crippen LogP contribution is 2.55. The third-order valence-corrected chi connectivity index (χ3v) is 13.1. The standard InChI is InChI=1S/C48H52O7Si/c1-56(2,3)42-27-38(28-49)26-39-43(42)40-24-25-48(39,55-40)47-46(53-32-37-22-14-7-15-23-37)45(52-31-36-20-12-6-13-21-36)44(51-30-35-18-10-5-11-19-35)41(54-47)33-50-29-34-16-8-4-9-17-34/h4-27,40-41,44-47,49H,28-33H2,1-3H3/t40?,41-,44-,45+,46-,47-,48?/m1/s1. The van der Waals surface area contributed by atoms with Crippen LogP contribution in [0.4, 0.5) is 0 Å². The van der Waals surface area contributed by atoms with Crippen LogP contribution < -0.4 is 5.19 Å². The van der Waals surface area contributed by atoms with Crippen molar-refractivity contribution in [2.75, 3.05) is 6.61 Å². The van der Waals surface area contributed by atoms with Gasteiger partial charge >= 0.3 is 0 Å². The van der Waals surface area contributed by atoms with Crippen molar-refractivity contribution in [3.05, 3.63) is 185 Å². The Bertz CT molecular complexity index is 2050. The van der Waals surface area contributed by atoms with Gasteiger partial charge in [0.05, 0.1) is 47.7 Å². The van der Waals surface area contributed by atoms with Crippen LogP contribution >= 0.6 is 0 Å². The summed E-state index contributed by atoms with van der Waals surface area (Å²) in [5.74, 6) is 0. The van der Waals surface area contributed by atoms with E-state index in [1.165, 1.54) is 10.8 Å². The van der Waals surface area contributed by atoms with Crippen molar-refractivity contribution in [3.8, 4) is 0 Å². The molecule has 0 aliphatic carbocycles. The van der Waals surface area contributed by atoms with Crippen molar-refractivity contribution in [2.24, 2.45) is 0 Å². The third kappa shape index (κ3) is 8.25. The summed E-state index contributed by atoms with van der Waals surface area (Å²) in [5.41, 5.74) is 6.29. The average molecular weight is 769 g/mol. The number of rotatable bonds is 16. The lowest BCUT2D eigenvalue weighted by molar-refractivity contribution is -0.301. The van der Waals surface area contributed by atoms with Gasteiger partial charge in [-0.25, -0.2) is 0 Å². The topological polar surface area (TPSA) is 75.6 Å². The van der Waals surface area contributed by atoms with Crippen molar-refractivity contribution >= 4 is 13.3 Å². The number of aliphatic hydroxyl groups is 1. The van der Waals surface area contributed by atoms with E-state index in [1.54, 1.807) is 0 Å². The van der Waals surface area contributed by atoms with Gasteiger partial charge in [0.2, 0.25) is 0 Å². The van der Waals surface area contributed by atoms with E-state index < -0.39 is 44.2 Å². The summed E-state index contributed by atoms with van der Waals surface area (Å²) in [5, 5.41) is 11.9. The van der Waals surface area contributed by atoms with E-state index in [9.17, 15) is 5.11 Å². The summed E-state index contributed by atoms with van der Waals surface area (Å²) in [6.45, 7) is 8.69. The van der Waals surface area contributed by atoms with E-state index in [0.29, 0.717) is 26.4 Å². The number of aliphatic hydroxyl groups excluding tert-OH is 1. The van der Waals surface area contributed by atoms with Crippen LogP contribution in [0.5, 0.6) is 0 Å². The van der Waals surface area contributed by atoms with Gasteiger partial charge in [-0.15, -0.1) is 0 Å². The molecule has 3 aliphatic heterocycles. The molecule has 1 N–H and O–H groups in total. The van der Waals surface area contributed by atoms with Gasteiger partial charge in [-0.05, 0) is 51.1 Å². The second-order valence-electron chi connectivity index (χ2n) is 16.1. The van der Waals surface area contributed by atoms with Gasteiger partial charge in [0.1, 0.15) is 42.2 Å². The molecule has 56 heavy (non-hydrogen) atoms. The molecule has 3 heterocycles. The molecule has 5 aromatic carbocycles. The molecule has 290 valence electrons. The quantitative estimate of drug-likeness (QED) is 0.0800. The van der Waals surface area contributed by atoms with Crippen LogP contribution in [0.15, 0.2) is 146 Å². The lowest BCUT2D eigenvalue weighted by Gasteiger charge is -2.50. The number of hydrogen-bond donors (Lipinski definition) is 1. The van der Waals surface area contributed by atoms with Crippen LogP contribution in [-0.4, -0.2) is 50.3 Å². The summed E-state index contributed by atoms with van der Waals surface area (Å²) >= 11 is 0. The Hall–Kier alpha value is -4.22. The molecule has 7 nitrogen and oxygen atoms in total. The summed E-state index contributed by atoms with van der Waals surface area (Å²) in [6, 6.07) is 45.1. The highest BCUT2D eigenvalue weighted by atomic mass is 28.3. The van der Waals surface area contributed by atoms with Gasteiger partial charge in [0.25, 0.3) is 0 Å². The highest BCUT2D eigenvalue weighted by molar-refractivity contribution is 6.89. The largest absolute Gasteiger partial charge is 0.392 e. The Morgan fingerprint density at radius 1 is 0.607 bits per heavy atom. The summed E-state index contributed by atoms with van der Waals surface area (Å²) < 4.78 is 42.1. The van der Waals surface area contributed by atoms with Crippen molar-refractivity contribution in [2.45, 2.75) is 94.9 Å². The minimum atomic E-state index is -1.88. The normalized spacial score (nSPS) is 25.4. The molecule has 2 unspecified atom stereocenters. The number of benzene rings is 5. The SMILES string of the molecule is C[Si](C)(C)c1cc(CO)cc2c1C1C=CC2([C@@H]2O[C@H](COCc3ccccc3)[C@@H](OCc3ccccc3)[C@H](OCc3ccccc3)[C@H]2OCc2ccccc2)O1. The Kier molecular flexibility index (Phi) is 11.8. The molecule has 0 aromatic heterocycles. The van der Waals surface area contributed by atoms with E-state index in [4.69, 9.17) is 28.4 Å². The molecule has 0 amide bonds. The van der Waals surface area contributed by atoms with Crippen molar-refractivity contribution in [3.63, 3.8) is 0 Å². The molecule has 7 atom stereocenters. The van der Waals surface area contributed by atoms with Gasteiger partial charge < -0.3 is 33.5 Å². The molecule has 1 fully saturated rings. The van der Waals surface area contributed by atoms with E-state index in [1.807, 2.05) is 72.8 Å². The monoisotopic (exact) mass is 768 g/mol. The first-order valence-electron chi connectivity index (χ1n) is 19.7. The van der Waals surface area contributed by atoms with E-state index in [0.717, 1.165) is 33.4 Å². The van der Waals surface area contributed by atoms with E-state index in [2.05, 4.69) is 92.5 Å². The van der Waals surface area contributed by atoms with Crippen molar-refractivity contribution < 1.29 is 33.5 Å². The molecule has 8 heteroatoms. The van der Waals surface area contributed by atoms with Gasteiger partial charge in [-0.3, -0.25) is 0 Å². The molecule has 5 aromatic rings. The lowest BCUT2D eigenvalue weighted by atomic mass is 9.77. The highest BCUT2D eigenvalue weighted by Gasteiger charge is 2.62. The van der Waals surface area contributed by atoms with Crippen LogP contribution in [0.1, 0.15) is 45.0 Å². The minimum Gasteiger partial charge on any atom is -0.392 e. The first kappa shape index (κ1) is 38.6. The maximum atomic E-state index is 10.6. The summed E-state index contributed by atoms with van der Waals surface area (Å²) in [6.07, 6.45) is 1.11. The van der Waals surface area contributed by atoms with Crippen LogP contribution in [-0.2, 0) is 67.1 Å². The van der Waals surface area contributed by atoms with Gasteiger partial charge in [0.15, 0.2) is 0 Å². The molecule has 0 spiro atoms. The number of fused-ring (bicyclic) bond motifs is 5. The number of hydrogen-bond acceptors (Lipinski definition) is 7. The minimum absolute atomic E-state index is 0.0666. The Balaban J connectivity index is 1.23. The van der Waals surface area contributed by atoms with Crippen LogP contribution in [0.2, 0.25) is 19.6 Å². The molecule has 0 radical (unpaired) electrons. The predicted molar refractivity (Wildman–Crippen MR) is 220 cm³/mol. The van der Waals surface area contributed by atoms with E-state index >= 15 is 0 Å². The first-order chi connectivity index (χ1) is 27.3. The molecule has 8 rings (SSSR count). The smallest absolute Gasteiger partial charge is 0.142 e. The van der Waals surface area contributed by atoms with Crippen LogP contribution in [0.25, 0.3) is 0 Å². The second kappa shape index (κ2) is 17.1. The maximum absolute atomic E-state index is 10.6. The Morgan fingerprint density at radius 3 is 1.62 bits per heavy atom. The molecule has 1 saturated heterocycles.